The van der Waals surface area contributed by atoms with Gasteiger partial charge >= 0.3 is 0 Å². The first-order valence-corrected chi connectivity index (χ1v) is 9.20. The molecule has 0 spiro atoms. The molecule has 1 aromatic heterocycles. The molecule has 1 aromatic carbocycles. The summed E-state index contributed by atoms with van der Waals surface area (Å²) in [7, 11) is 3.30. The molecule has 1 aliphatic heterocycles. The van der Waals surface area contributed by atoms with Crippen LogP contribution in [0.3, 0.4) is 0 Å². The third-order valence-electron chi connectivity index (χ3n) is 4.65. The lowest BCUT2D eigenvalue weighted by molar-refractivity contribution is -0.130. The Bertz CT molecular complexity index is 834. The lowest BCUT2D eigenvalue weighted by Crippen LogP contribution is -2.51. The fourth-order valence-electron chi connectivity index (χ4n) is 3.20. The van der Waals surface area contributed by atoms with Crippen molar-refractivity contribution in [3.63, 3.8) is 0 Å². The average molecular weight is 383 g/mol. The number of nitrogens with one attached hydrogen (secondary N) is 2. The minimum Gasteiger partial charge on any atom is -0.481 e. The van der Waals surface area contributed by atoms with E-state index < -0.39 is 0 Å². The van der Waals surface area contributed by atoms with Crippen LogP contribution in [0, 0.1) is 0 Å². The highest BCUT2D eigenvalue weighted by atomic mass is 16.5. The smallest absolute Gasteiger partial charge is 0.257 e. The van der Waals surface area contributed by atoms with Gasteiger partial charge in [0.25, 0.3) is 5.91 Å². The maximum Gasteiger partial charge on any atom is 0.257 e. The molecule has 3 rings (SSSR count). The second-order valence-corrected chi connectivity index (χ2v) is 6.46. The third-order valence-corrected chi connectivity index (χ3v) is 4.65. The van der Waals surface area contributed by atoms with Gasteiger partial charge in [-0.2, -0.15) is 0 Å². The molecule has 1 fully saturated rings. The van der Waals surface area contributed by atoms with E-state index in [1.165, 1.54) is 7.11 Å². The molecule has 0 bridgehead atoms. The van der Waals surface area contributed by atoms with E-state index in [1.807, 2.05) is 29.2 Å². The molecule has 0 aliphatic carbocycles. The van der Waals surface area contributed by atoms with Crippen LogP contribution in [0.4, 0.5) is 11.4 Å². The van der Waals surface area contributed by atoms with E-state index in [9.17, 15) is 9.59 Å². The molecule has 148 valence electrons. The van der Waals surface area contributed by atoms with Crippen molar-refractivity contribution in [2.75, 3.05) is 57.1 Å². The van der Waals surface area contributed by atoms with Crippen LogP contribution in [0.5, 0.6) is 5.88 Å². The van der Waals surface area contributed by atoms with Crippen LogP contribution in [-0.2, 0) is 4.79 Å². The van der Waals surface area contributed by atoms with Crippen LogP contribution in [0.25, 0.3) is 0 Å². The third kappa shape index (κ3) is 4.58. The van der Waals surface area contributed by atoms with Gasteiger partial charge < -0.3 is 25.2 Å². The number of benzene rings is 1. The van der Waals surface area contributed by atoms with E-state index in [2.05, 4.69) is 20.5 Å². The number of para-hydroxylation sites is 1. The van der Waals surface area contributed by atoms with Gasteiger partial charge in [0.15, 0.2) is 0 Å². The molecule has 0 saturated carbocycles. The van der Waals surface area contributed by atoms with Crippen molar-refractivity contribution in [2.24, 2.45) is 0 Å². The number of methoxy groups -OCH3 is 1. The van der Waals surface area contributed by atoms with Gasteiger partial charge in [-0.25, -0.2) is 4.98 Å². The average Bonchev–Trinajstić information content (AvgIpc) is 2.74. The summed E-state index contributed by atoms with van der Waals surface area (Å²) >= 11 is 0. The second-order valence-electron chi connectivity index (χ2n) is 6.46. The SMILES string of the molecule is CNCC(=O)N1CCN(c2ccccc2C(=O)Nc2ccnc(OC)c2)CC1. The minimum atomic E-state index is -0.197. The summed E-state index contributed by atoms with van der Waals surface area (Å²) < 4.78 is 5.10. The monoisotopic (exact) mass is 383 g/mol. The minimum absolute atomic E-state index is 0.0970. The number of anilines is 2. The Hall–Kier alpha value is -3.13. The topological polar surface area (TPSA) is 86.8 Å². The summed E-state index contributed by atoms with van der Waals surface area (Å²) in [5.74, 6) is 0.339. The van der Waals surface area contributed by atoms with E-state index >= 15 is 0 Å². The van der Waals surface area contributed by atoms with Gasteiger partial charge in [0.1, 0.15) is 0 Å². The highest BCUT2D eigenvalue weighted by molar-refractivity contribution is 6.08. The molecule has 2 N–H and O–H groups in total. The van der Waals surface area contributed by atoms with Crippen LogP contribution in [-0.4, -0.2) is 68.6 Å². The number of amides is 2. The Morgan fingerprint density at radius 1 is 1.14 bits per heavy atom. The lowest BCUT2D eigenvalue weighted by atomic mass is 10.1. The molecule has 1 aliphatic rings. The lowest BCUT2D eigenvalue weighted by Gasteiger charge is -2.36. The maximum absolute atomic E-state index is 12.9. The Morgan fingerprint density at radius 2 is 1.89 bits per heavy atom. The molecule has 2 aromatic rings. The zero-order chi connectivity index (χ0) is 19.9. The van der Waals surface area contributed by atoms with Crippen LogP contribution < -0.4 is 20.3 Å². The van der Waals surface area contributed by atoms with E-state index in [0.29, 0.717) is 49.9 Å². The summed E-state index contributed by atoms with van der Waals surface area (Å²) in [4.78, 5) is 32.9. The van der Waals surface area contributed by atoms with Gasteiger partial charge in [0.05, 0.1) is 19.2 Å². The van der Waals surface area contributed by atoms with Crippen LogP contribution in [0.1, 0.15) is 10.4 Å². The molecule has 8 heteroatoms. The Labute approximate surface area is 164 Å². The molecule has 0 unspecified atom stereocenters. The van der Waals surface area contributed by atoms with E-state index in [4.69, 9.17) is 4.74 Å². The van der Waals surface area contributed by atoms with Crippen LogP contribution in [0.2, 0.25) is 0 Å². The zero-order valence-electron chi connectivity index (χ0n) is 16.1. The number of likely N-dealkylation sites (N-methyl/N-ethyl adjacent to an activating group) is 1. The number of nitrogens with zero attached hydrogens (tertiary/aromatic N) is 3. The largest absolute Gasteiger partial charge is 0.481 e. The Balaban J connectivity index is 1.71. The number of piperazine rings is 1. The zero-order valence-corrected chi connectivity index (χ0v) is 16.1. The van der Waals surface area contributed by atoms with Crippen molar-refractivity contribution in [3.8, 4) is 5.88 Å². The van der Waals surface area contributed by atoms with Gasteiger partial charge in [-0.05, 0) is 25.2 Å². The molecule has 0 atom stereocenters. The first-order chi connectivity index (χ1) is 13.6. The quantitative estimate of drug-likeness (QED) is 0.780. The summed E-state index contributed by atoms with van der Waals surface area (Å²) in [6, 6.07) is 10.9. The number of carbonyl (C=O) groups is 2. The van der Waals surface area contributed by atoms with Crippen LogP contribution >= 0.6 is 0 Å². The number of ether oxygens (including phenoxy) is 1. The van der Waals surface area contributed by atoms with Gasteiger partial charge in [0.2, 0.25) is 11.8 Å². The second kappa shape index (κ2) is 9.18. The molecule has 1 saturated heterocycles. The fraction of sp³-hybridized carbons (Fsp3) is 0.350. The van der Waals surface area contributed by atoms with Gasteiger partial charge in [-0.1, -0.05) is 12.1 Å². The van der Waals surface area contributed by atoms with Gasteiger partial charge in [0, 0.05) is 49.8 Å². The standard InChI is InChI=1S/C20H25N5O3/c1-21-14-19(26)25-11-9-24(10-12-25)17-6-4-3-5-16(17)20(27)23-15-7-8-22-18(13-15)28-2/h3-8,13,21H,9-12,14H2,1-2H3,(H,22,23,27). The van der Waals surface area contributed by atoms with Crippen LogP contribution in [0.15, 0.2) is 42.6 Å². The molecule has 28 heavy (non-hydrogen) atoms. The van der Waals surface area contributed by atoms with Crippen molar-refractivity contribution in [3.05, 3.63) is 48.2 Å². The van der Waals surface area contributed by atoms with Crippen molar-refractivity contribution in [1.82, 2.24) is 15.2 Å². The molecule has 2 amide bonds. The molecule has 0 radical (unpaired) electrons. The molecular weight excluding hydrogens is 358 g/mol. The normalized spacial score (nSPS) is 13.9. The number of pyridine rings is 1. The van der Waals surface area contributed by atoms with Crippen molar-refractivity contribution in [1.29, 1.82) is 0 Å². The molecular formula is C20H25N5O3. The summed E-state index contributed by atoms with van der Waals surface area (Å²) in [5.41, 5.74) is 2.07. The predicted molar refractivity (Wildman–Crippen MR) is 108 cm³/mol. The van der Waals surface area contributed by atoms with Crippen molar-refractivity contribution >= 4 is 23.2 Å². The van der Waals surface area contributed by atoms with Crippen molar-refractivity contribution < 1.29 is 14.3 Å². The molecule has 2 heterocycles. The highest BCUT2D eigenvalue weighted by Gasteiger charge is 2.23. The number of rotatable bonds is 6. The van der Waals surface area contributed by atoms with E-state index in [1.54, 1.807) is 25.4 Å². The first kappa shape index (κ1) is 19.6. The number of hydrogen-bond donors (Lipinski definition) is 2. The maximum atomic E-state index is 12.9. The first-order valence-electron chi connectivity index (χ1n) is 9.20. The van der Waals surface area contributed by atoms with E-state index in [-0.39, 0.29) is 11.8 Å². The molecule has 8 nitrogen and oxygen atoms in total. The Kier molecular flexibility index (Phi) is 6.44. The number of hydrogen-bond acceptors (Lipinski definition) is 6. The van der Waals surface area contributed by atoms with Crippen molar-refractivity contribution in [2.45, 2.75) is 0 Å². The highest BCUT2D eigenvalue weighted by Crippen LogP contribution is 2.23. The Morgan fingerprint density at radius 3 is 2.61 bits per heavy atom. The predicted octanol–water partition coefficient (Wildman–Crippen LogP) is 1.21. The fourth-order valence-corrected chi connectivity index (χ4v) is 3.20. The summed E-state index contributed by atoms with van der Waals surface area (Å²) in [5, 5.41) is 5.79. The van der Waals surface area contributed by atoms with Gasteiger partial charge in [-0.15, -0.1) is 0 Å². The number of carbonyl (C=O) groups excluding carboxylic acids is 2. The number of aromatic nitrogens is 1. The van der Waals surface area contributed by atoms with E-state index in [0.717, 1.165) is 5.69 Å². The van der Waals surface area contributed by atoms with Gasteiger partial charge in [-0.3, -0.25) is 9.59 Å². The summed E-state index contributed by atoms with van der Waals surface area (Å²) in [6.07, 6.45) is 1.59. The summed E-state index contributed by atoms with van der Waals surface area (Å²) in [6.45, 7) is 2.98.